The standard InChI is InChI=1S/C21H30N5O16P3S/c1-35-11-4-13(36-2)12(14(5-11)37-3)8-46-10-38-15-6-17(26-9-23-18-19(26)24-21(22)25-20(18)27)40-16(15)7-39-44(31,32)42-45(33,34)41-43(28,29)30/h4-5,9,15-17H,6-8,10H2,1-3H3,(H,31,32)(H,33,34)(H2,28,29,30)(H3,22,24,25,27)/t15-,16-,17-/m1/s1. The van der Waals surface area contributed by atoms with Crippen LogP contribution in [0.15, 0.2) is 23.3 Å². The molecular formula is C21H30N5O16P3S. The van der Waals surface area contributed by atoms with Crippen LogP contribution in [0.2, 0.25) is 0 Å². The number of anilines is 1. The average molecular weight is 733 g/mol. The maximum absolute atomic E-state index is 12.4. The Morgan fingerprint density at radius 1 is 1.07 bits per heavy atom. The summed E-state index contributed by atoms with van der Waals surface area (Å²) in [5.74, 6) is 1.76. The van der Waals surface area contributed by atoms with E-state index >= 15 is 0 Å². The Morgan fingerprint density at radius 2 is 1.74 bits per heavy atom. The number of H-pyrrole nitrogens is 1. The Balaban J connectivity index is 1.49. The first-order chi connectivity index (χ1) is 21.5. The van der Waals surface area contributed by atoms with Crippen LogP contribution in [0.5, 0.6) is 17.2 Å². The van der Waals surface area contributed by atoms with Gasteiger partial charge in [-0.25, -0.2) is 18.7 Å². The van der Waals surface area contributed by atoms with Gasteiger partial charge in [-0.3, -0.25) is 18.9 Å². The van der Waals surface area contributed by atoms with Gasteiger partial charge in [-0.05, 0) is 0 Å². The van der Waals surface area contributed by atoms with Gasteiger partial charge in [0.1, 0.15) is 29.6 Å². The van der Waals surface area contributed by atoms with Crippen LogP contribution in [0.25, 0.3) is 11.2 Å². The van der Waals surface area contributed by atoms with Gasteiger partial charge in [0.15, 0.2) is 11.2 Å². The third kappa shape index (κ3) is 9.29. The molecule has 4 rings (SSSR count). The minimum Gasteiger partial charge on any atom is -0.496 e. The van der Waals surface area contributed by atoms with Crippen molar-refractivity contribution in [3.8, 4) is 17.2 Å². The normalized spacial score (nSPS) is 21.2. The predicted octanol–water partition coefficient (Wildman–Crippen LogP) is 1.63. The van der Waals surface area contributed by atoms with Gasteiger partial charge in [0.2, 0.25) is 5.95 Å². The van der Waals surface area contributed by atoms with Gasteiger partial charge in [0.25, 0.3) is 5.56 Å². The lowest BCUT2D eigenvalue weighted by molar-refractivity contribution is -0.0523. The van der Waals surface area contributed by atoms with E-state index in [4.69, 9.17) is 43.7 Å². The van der Waals surface area contributed by atoms with Crippen LogP contribution in [0.1, 0.15) is 18.2 Å². The number of aromatic nitrogens is 4. The lowest BCUT2D eigenvalue weighted by Crippen LogP contribution is -2.29. The van der Waals surface area contributed by atoms with E-state index in [1.165, 1.54) is 44.0 Å². The molecule has 1 fully saturated rings. The number of hydrogen-bond acceptors (Lipinski definition) is 16. The molecule has 46 heavy (non-hydrogen) atoms. The van der Waals surface area contributed by atoms with E-state index in [0.29, 0.717) is 28.6 Å². The maximum Gasteiger partial charge on any atom is 0.490 e. The van der Waals surface area contributed by atoms with Crippen molar-refractivity contribution in [2.24, 2.45) is 0 Å². The predicted molar refractivity (Wildman–Crippen MR) is 158 cm³/mol. The van der Waals surface area contributed by atoms with Crippen LogP contribution >= 0.6 is 35.2 Å². The summed E-state index contributed by atoms with van der Waals surface area (Å²) in [6, 6.07) is 3.38. The van der Waals surface area contributed by atoms with Gasteiger partial charge in [0.05, 0.1) is 46.3 Å². The Hall–Kier alpha value is -2.55. The Labute approximate surface area is 263 Å². The molecule has 1 aliphatic rings. The van der Waals surface area contributed by atoms with Crippen molar-refractivity contribution in [3.63, 3.8) is 0 Å². The maximum atomic E-state index is 12.4. The fourth-order valence-electron chi connectivity index (χ4n) is 4.32. The molecule has 5 atom stereocenters. The number of thioether (sulfide) groups is 1. The van der Waals surface area contributed by atoms with Crippen LogP contribution < -0.4 is 25.5 Å². The molecule has 0 saturated carbocycles. The zero-order valence-electron chi connectivity index (χ0n) is 24.1. The van der Waals surface area contributed by atoms with Crippen molar-refractivity contribution in [2.45, 2.75) is 30.6 Å². The van der Waals surface area contributed by atoms with Gasteiger partial charge in [-0.2, -0.15) is 13.6 Å². The van der Waals surface area contributed by atoms with E-state index in [9.17, 15) is 28.3 Å². The van der Waals surface area contributed by atoms with Crippen LogP contribution in [0, 0.1) is 0 Å². The highest BCUT2D eigenvalue weighted by molar-refractivity contribution is 7.98. The van der Waals surface area contributed by atoms with Gasteiger partial charge >= 0.3 is 23.5 Å². The highest BCUT2D eigenvalue weighted by Crippen LogP contribution is 2.66. The minimum atomic E-state index is -5.74. The largest absolute Gasteiger partial charge is 0.496 e. The van der Waals surface area contributed by atoms with Gasteiger partial charge in [-0.1, -0.05) is 0 Å². The molecule has 21 nitrogen and oxygen atoms in total. The third-order valence-corrected chi connectivity index (χ3v) is 10.8. The molecule has 3 heterocycles. The smallest absolute Gasteiger partial charge is 0.490 e. The van der Waals surface area contributed by atoms with Crippen LogP contribution in [-0.4, -0.2) is 85.2 Å². The second-order valence-electron chi connectivity index (χ2n) is 9.21. The average Bonchev–Trinajstić information content (AvgIpc) is 3.56. The van der Waals surface area contributed by atoms with Crippen molar-refractivity contribution in [1.29, 1.82) is 0 Å². The summed E-state index contributed by atoms with van der Waals surface area (Å²) >= 11 is 1.31. The molecule has 7 N–H and O–H groups in total. The van der Waals surface area contributed by atoms with Crippen LogP contribution in [0.3, 0.4) is 0 Å². The highest BCUT2D eigenvalue weighted by atomic mass is 32.2. The lowest BCUT2D eigenvalue weighted by atomic mass is 10.2. The molecule has 0 bridgehead atoms. The molecular weight excluding hydrogens is 703 g/mol. The summed E-state index contributed by atoms with van der Waals surface area (Å²) in [5.41, 5.74) is 5.83. The van der Waals surface area contributed by atoms with E-state index in [0.717, 1.165) is 0 Å². The molecule has 256 valence electrons. The number of rotatable bonds is 16. The number of nitrogens with two attached hydrogens (primary N) is 1. The Morgan fingerprint density at radius 3 is 2.35 bits per heavy atom. The van der Waals surface area contributed by atoms with Crippen LogP contribution in [0.4, 0.5) is 5.95 Å². The number of phosphoric ester groups is 1. The molecule has 1 aliphatic heterocycles. The van der Waals surface area contributed by atoms with Gasteiger partial charge in [-0.15, -0.1) is 11.8 Å². The number of phosphoric acid groups is 3. The quantitative estimate of drug-likeness (QED) is 0.0692. The number of benzene rings is 1. The van der Waals surface area contributed by atoms with E-state index < -0.39 is 54.1 Å². The number of nitrogens with zero attached hydrogens (tertiary/aromatic N) is 3. The van der Waals surface area contributed by atoms with Crippen molar-refractivity contribution in [1.82, 2.24) is 19.5 Å². The van der Waals surface area contributed by atoms with Gasteiger partial charge < -0.3 is 49.0 Å². The fraction of sp³-hybridized carbons (Fsp3) is 0.476. The summed E-state index contributed by atoms with van der Waals surface area (Å²) in [4.78, 5) is 59.6. The Bertz CT molecular complexity index is 1720. The number of nitrogens with one attached hydrogen (secondary N) is 1. The first-order valence-electron chi connectivity index (χ1n) is 12.7. The number of hydrogen-bond donors (Lipinski definition) is 6. The zero-order valence-corrected chi connectivity index (χ0v) is 27.6. The monoisotopic (exact) mass is 733 g/mol. The molecule has 1 aromatic carbocycles. The van der Waals surface area contributed by atoms with Crippen molar-refractivity contribution in [3.05, 3.63) is 34.4 Å². The first-order valence-corrected chi connectivity index (χ1v) is 18.4. The fourth-order valence-corrected chi connectivity index (χ4v) is 8.19. The Kier molecular flexibility index (Phi) is 11.6. The number of imidazole rings is 1. The highest BCUT2D eigenvalue weighted by Gasteiger charge is 2.43. The molecule has 1 saturated heterocycles. The molecule has 0 radical (unpaired) electrons. The number of fused-ring (bicyclic) bond motifs is 1. The van der Waals surface area contributed by atoms with E-state index in [2.05, 4.69) is 23.6 Å². The van der Waals surface area contributed by atoms with E-state index in [1.807, 2.05) is 0 Å². The summed E-state index contributed by atoms with van der Waals surface area (Å²) in [7, 11) is -12.3. The SMILES string of the molecule is COc1cc(OC)c(CSCO[C@@H]2C[C@H](n3cnc4c(=O)[nH]c(N)nc43)O[C@@H]2COP(=O)(O)OP(=O)(O)OP(=O)(O)O)c(OC)c1. The molecule has 2 aromatic heterocycles. The number of methoxy groups -OCH3 is 3. The number of nitrogen functional groups attached to an aromatic ring is 1. The first kappa shape index (κ1) is 36.3. The lowest BCUT2D eigenvalue weighted by Gasteiger charge is -2.21. The molecule has 0 aliphatic carbocycles. The minimum absolute atomic E-state index is 0.0371. The summed E-state index contributed by atoms with van der Waals surface area (Å²) in [6.45, 7) is -0.779. The van der Waals surface area contributed by atoms with Gasteiger partial charge in [0, 0.05) is 29.9 Å². The third-order valence-electron chi connectivity index (χ3n) is 6.19. The number of ether oxygens (including phenoxy) is 5. The number of aromatic amines is 1. The summed E-state index contributed by atoms with van der Waals surface area (Å²) < 4.78 is 76.9. The van der Waals surface area contributed by atoms with Crippen molar-refractivity contribution in [2.75, 3.05) is 39.6 Å². The molecule has 0 spiro atoms. The molecule has 2 unspecified atom stereocenters. The van der Waals surface area contributed by atoms with Crippen molar-refractivity contribution < 1.29 is 70.1 Å². The van der Waals surface area contributed by atoms with Crippen LogP contribution in [-0.2, 0) is 42.1 Å². The second kappa shape index (κ2) is 14.7. The second-order valence-corrected chi connectivity index (χ2v) is 14.6. The van der Waals surface area contributed by atoms with Crippen molar-refractivity contribution >= 4 is 52.3 Å². The van der Waals surface area contributed by atoms with E-state index in [-0.39, 0.29) is 29.5 Å². The summed E-state index contributed by atoms with van der Waals surface area (Å²) in [5, 5.41) is 0. The summed E-state index contributed by atoms with van der Waals surface area (Å²) in [6.07, 6.45) is -1.57. The topological polar surface area (TPSA) is 296 Å². The molecule has 0 amide bonds. The molecule has 3 aromatic rings. The molecule has 25 heteroatoms. The van der Waals surface area contributed by atoms with E-state index in [1.54, 1.807) is 12.1 Å². The zero-order chi connectivity index (χ0) is 33.9.